The van der Waals surface area contributed by atoms with Gasteiger partial charge < -0.3 is 19.7 Å². The maximum atomic E-state index is 12.7. The van der Waals surface area contributed by atoms with Gasteiger partial charge in [-0.3, -0.25) is 9.98 Å². The second-order valence-electron chi connectivity index (χ2n) is 10.2. The maximum Gasteiger partial charge on any atom is 0.343 e. The Morgan fingerprint density at radius 1 is 0.500 bits per heavy atom. The van der Waals surface area contributed by atoms with Gasteiger partial charge in [-0.05, 0) is 83.6 Å². The summed E-state index contributed by atoms with van der Waals surface area (Å²) in [7, 11) is 0. The van der Waals surface area contributed by atoms with Crippen LogP contribution in [0.4, 0.5) is 11.4 Å². The van der Waals surface area contributed by atoms with Gasteiger partial charge in [0.15, 0.2) is 0 Å². The highest BCUT2D eigenvalue weighted by atomic mass is 16.5. The summed E-state index contributed by atoms with van der Waals surface area (Å²) in [5.41, 5.74) is 2.00. The smallest absolute Gasteiger partial charge is 0.343 e. The Bertz CT molecular complexity index is 1960. The molecule has 46 heavy (non-hydrogen) atoms. The first-order chi connectivity index (χ1) is 22.4. The molecule has 224 valence electrons. The number of nitrogens with zero attached hydrogens (tertiary/aromatic N) is 2. The number of carbonyl (C=O) groups is 2. The number of esters is 2. The molecule has 8 nitrogen and oxygen atoms in total. The second-order valence-corrected chi connectivity index (χ2v) is 10.2. The zero-order valence-corrected chi connectivity index (χ0v) is 24.3. The molecule has 0 amide bonds. The fourth-order valence-electron chi connectivity index (χ4n) is 4.58. The lowest BCUT2D eigenvalue weighted by Crippen LogP contribution is -2.08. The molecule has 6 aromatic carbocycles. The molecule has 0 fully saturated rings. The van der Waals surface area contributed by atoms with Crippen LogP contribution in [0.25, 0.3) is 10.8 Å². The van der Waals surface area contributed by atoms with Crippen molar-refractivity contribution in [3.8, 4) is 23.0 Å². The number of rotatable bonds is 8. The van der Waals surface area contributed by atoms with Crippen molar-refractivity contribution in [2.75, 3.05) is 0 Å². The zero-order valence-electron chi connectivity index (χ0n) is 24.3. The summed E-state index contributed by atoms with van der Waals surface area (Å²) in [5, 5.41) is 22.9. The minimum Gasteiger partial charge on any atom is -0.507 e. The highest BCUT2D eigenvalue weighted by Crippen LogP contribution is 2.34. The first kappa shape index (κ1) is 29.5. The van der Waals surface area contributed by atoms with E-state index in [1.54, 1.807) is 48.5 Å². The van der Waals surface area contributed by atoms with E-state index in [0.29, 0.717) is 34.0 Å². The Kier molecular flexibility index (Phi) is 8.60. The van der Waals surface area contributed by atoms with Crippen LogP contribution in [0, 0.1) is 0 Å². The average Bonchev–Trinajstić information content (AvgIpc) is 3.08. The third kappa shape index (κ3) is 6.98. The lowest BCUT2D eigenvalue weighted by Gasteiger charge is -2.08. The molecule has 6 rings (SSSR count). The van der Waals surface area contributed by atoms with E-state index in [4.69, 9.17) is 9.47 Å². The zero-order chi connectivity index (χ0) is 31.9. The summed E-state index contributed by atoms with van der Waals surface area (Å²) in [4.78, 5) is 34.7. The quantitative estimate of drug-likeness (QED) is 0.102. The molecule has 0 spiro atoms. The first-order valence-corrected chi connectivity index (χ1v) is 14.2. The second kappa shape index (κ2) is 13.4. The molecular formula is C38H26N2O6. The summed E-state index contributed by atoms with van der Waals surface area (Å²) in [6.45, 7) is 0. The van der Waals surface area contributed by atoms with Gasteiger partial charge in [0, 0.05) is 23.6 Å². The van der Waals surface area contributed by atoms with E-state index in [1.807, 2.05) is 48.5 Å². The van der Waals surface area contributed by atoms with Crippen LogP contribution in [0.2, 0.25) is 0 Å². The Hall–Kier alpha value is -6.54. The summed E-state index contributed by atoms with van der Waals surface area (Å²) in [6.07, 6.45) is 2.88. The van der Waals surface area contributed by atoms with Gasteiger partial charge >= 0.3 is 11.9 Å². The van der Waals surface area contributed by atoms with Gasteiger partial charge in [-0.2, -0.15) is 0 Å². The van der Waals surface area contributed by atoms with E-state index < -0.39 is 11.9 Å². The SMILES string of the molecule is O=C(Oc1ccccc1)c1ccc(O)c(C=Nc2cc3ccccc3cc2N=Cc2cc(C(=O)Oc3ccccc3)ccc2O)c1. The normalized spacial score (nSPS) is 11.2. The number of ether oxygens (including phenoxy) is 2. The fraction of sp³-hybridized carbons (Fsp3) is 0. The van der Waals surface area contributed by atoms with E-state index in [1.165, 1.54) is 48.8 Å². The van der Waals surface area contributed by atoms with Crippen molar-refractivity contribution in [2.24, 2.45) is 9.98 Å². The summed E-state index contributed by atoms with van der Waals surface area (Å²) >= 11 is 0. The predicted octanol–water partition coefficient (Wildman–Crippen LogP) is 8.19. The van der Waals surface area contributed by atoms with Crippen molar-refractivity contribution in [3.05, 3.63) is 156 Å². The lowest BCUT2D eigenvalue weighted by atomic mass is 10.1. The Labute approximate surface area is 264 Å². The lowest BCUT2D eigenvalue weighted by molar-refractivity contribution is 0.0725. The summed E-state index contributed by atoms with van der Waals surface area (Å²) < 4.78 is 10.9. The van der Waals surface area contributed by atoms with Gasteiger partial charge in [-0.25, -0.2) is 9.59 Å². The molecule has 0 saturated heterocycles. The maximum absolute atomic E-state index is 12.7. The first-order valence-electron chi connectivity index (χ1n) is 14.2. The number of aromatic hydroxyl groups is 2. The molecule has 0 bridgehead atoms. The van der Waals surface area contributed by atoms with Crippen molar-refractivity contribution in [3.63, 3.8) is 0 Å². The highest BCUT2D eigenvalue weighted by molar-refractivity contribution is 5.99. The molecule has 0 aromatic heterocycles. The topological polar surface area (TPSA) is 118 Å². The molecule has 0 radical (unpaired) electrons. The molecule has 2 N–H and O–H groups in total. The standard InChI is InChI=1S/C38H26N2O6/c41-35-17-15-27(37(43)45-31-11-3-1-4-12-31)19-29(35)23-39-33-21-25-9-7-8-10-26(25)22-34(33)40-24-30-20-28(16-18-36(30)42)38(44)46-32-13-5-2-6-14-32/h1-24,41-42H. The molecule has 0 aliphatic heterocycles. The van der Waals surface area contributed by atoms with E-state index in [2.05, 4.69) is 9.98 Å². The van der Waals surface area contributed by atoms with Crippen molar-refractivity contribution in [1.29, 1.82) is 0 Å². The van der Waals surface area contributed by atoms with Crippen LogP contribution in [-0.2, 0) is 0 Å². The molecular weight excluding hydrogens is 580 g/mol. The largest absolute Gasteiger partial charge is 0.507 e. The van der Waals surface area contributed by atoms with Crippen LogP contribution >= 0.6 is 0 Å². The van der Waals surface area contributed by atoms with E-state index in [9.17, 15) is 19.8 Å². The van der Waals surface area contributed by atoms with Gasteiger partial charge in [0.25, 0.3) is 0 Å². The molecule has 8 heteroatoms. The number of fused-ring (bicyclic) bond motifs is 1. The third-order valence-corrected chi connectivity index (χ3v) is 6.96. The monoisotopic (exact) mass is 606 g/mol. The van der Waals surface area contributed by atoms with Crippen LogP contribution in [0.3, 0.4) is 0 Å². The van der Waals surface area contributed by atoms with Gasteiger partial charge in [-0.15, -0.1) is 0 Å². The fourth-order valence-corrected chi connectivity index (χ4v) is 4.58. The van der Waals surface area contributed by atoms with Gasteiger partial charge in [0.05, 0.1) is 22.5 Å². The van der Waals surface area contributed by atoms with Crippen LogP contribution in [0.15, 0.2) is 143 Å². The molecule has 0 aliphatic rings. The van der Waals surface area contributed by atoms with Crippen LogP contribution in [-0.4, -0.2) is 34.6 Å². The van der Waals surface area contributed by atoms with Crippen molar-refractivity contribution < 1.29 is 29.3 Å². The number of hydrogen-bond acceptors (Lipinski definition) is 8. The number of phenols is 2. The van der Waals surface area contributed by atoms with Crippen molar-refractivity contribution in [2.45, 2.75) is 0 Å². The minimum absolute atomic E-state index is 0.0741. The van der Waals surface area contributed by atoms with E-state index in [0.717, 1.165) is 10.8 Å². The van der Waals surface area contributed by atoms with Crippen molar-refractivity contribution >= 4 is 46.5 Å². The number of carbonyl (C=O) groups excluding carboxylic acids is 2. The molecule has 0 aliphatic carbocycles. The summed E-state index contributed by atoms with van der Waals surface area (Å²) in [6, 6.07) is 37.5. The van der Waals surface area contributed by atoms with E-state index in [-0.39, 0.29) is 22.6 Å². The number of hydrogen-bond donors (Lipinski definition) is 2. The van der Waals surface area contributed by atoms with Gasteiger partial charge in [0.1, 0.15) is 23.0 Å². The Morgan fingerprint density at radius 3 is 1.30 bits per heavy atom. The third-order valence-electron chi connectivity index (χ3n) is 6.96. The van der Waals surface area contributed by atoms with Crippen LogP contribution in [0.5, 0.6) is 23.0 Å². The number of benzene rings is 6. The molecule has 0 atom stereocenters. The molecule has 0 saturated carbocycles. The molecule has 6 aromatic rings. The number of phenolic OH excluding ortho intramolecular Hbond substituents is 2. The van der Waals surface area contributed by atoms with Crippen LogP contribution < -0.4 is 9.47 Å². The predicted molar refractivity (Wildman–Crippen MR) is 177 cm³/mol. The van der Waals surface area contributed by atoms with Gasteiger partial charge in [0.2, 0.25) is 0 Å². The van der Waals surface area contributed by atoms with Gasteiger partial charge in [-0.1, -0.05) is 60.7 Å². The molecule has 0 heterocycles. The van der Waals surface area contributed by atoms with Crippen molar-refractivity contribution in [1.82, 2.24) is 0 Å². The average molecular weight is 607 g/mol. The molecule has 0 unspecified atom stereocenters. The highest BCUT2D eigenvalue weighted by Gasteiger charge is 2.13. The Balaban J connectivity index is 1.30. The van der Waals surface area contributed by atoms with Crippen LogP contribution in [0.1, 0.15) is 31.8 Å². The minimum atomic E-state index is -0.577. The van der Waals surface area contributed by atoms with E-state index >= 15 is 0 Å². The Morgan fingerprint density at radius 2 is 0.891 bits per heavy atom. The number of para-hydroxylation sites is 2. The number of aliphatic imine (C=N–C) groups is 2. The summed E-state index contributed by atoms with van der Waals surface area (Å²) in [5.74, 6) is -0.499.